The molecular weight excluding hydrogens is 545 g/mol. The zero-order valence-corrected chi connectivity index (χ0v) is 20.8. The number of halogens is 1. The summed E-state index contributed by atoms with van der Waals surface area (Å²) < 4.78 is 17.5. The number of ether oxygens (including phenoxy) is 3. The number of imide groups is 1. The van der Waals surface area contributed by atoms with Crippen LogP contribution in [0.3, 0.4) is 0 Å². The van der Waals surface area contributed by atoms with Crippen molar-refractivity contribution in [3.05, 3.63) is 62.1 Å². The largest absolute Gasteiger partial charge is 0.493 e. The monoisotopic (exact) mass is 567 g/mol. The second-order valence-corrected chi connectivity index (χ2v) is 9.37. The molecule has 0 radical (unpaired) electrons. The van der Waals surface area contributed by atoms with Gasteiger partial charge in [-0.1, -0.05) is 18.2 Å². The molecule has 2 aromatic rings. The van der Waals surface area contributed by atoms with Gasteiger partial charge in [0, 0.05) is 3.57 Å². The third-order valence-corrected chi connectivity index (χ3v) is 5.95. The normalized spacial score (nSPS) is 14.9. The lowest BCUT2D eigenvalue weighted by atomic mass is 10.1. The van der Waals surface area contributed by atoms with Gasteiger partial charge in [-0.2, -0.15) is 0 Å². The number of hydrogen-bond acceptors (Lipinski definition) is 7. The number of esters is 1. The molecule has 0 unspecified atom stereocenters. The highest BCUT2D eigenvalue weighted by molar-refractivity contribution is 14.1. The Morgan fingerprint density at radius 1 is 1.12 bits per heavy atom. The highest BCUT2D eigenvalue weighted by Gasteiger charge is 2.36. The van der Waals surface area contributed by atoms with E-state index in [2.05, 4.69) is 22.6 Å². The molecule has 3 rings (SSSR count). The van der Waals surface area contributed by atoms with Crippen LogP contribution < -0.4 is 9.47 Å². The molecule has 0 bridgehead atoms. The van der Waals surface area contributed by atoms with Crippen molar-refractivity contribution in [3.8, 4) is 11.5 Å². The molecule has 0 aliphatic carbocycles. The summed E-state index contributed by atoms with van der Waals surface area (Å²) in [5, 5.41) is -0.508. The smallest absolute Gasteiger partial charge is 0.326 e. The first kappa shape index (κ1) is 24.1. The van der Waals surface area contributed by atoms with Crippen molar-refractivity contribution in [1.82, 2.24) is 4.90 Å². The summed E-state index contributed by atoms with van der Waals surface area (Å²) in [6.45, 7) is 3.38. The summed E-state index contributed by atoms with van der Waals surface area (Å²) in [6, 6.07) is 13.3. The molecular formula is C23H22INO6S. The third-order valence-electron chi connectivity index (χ3n) is 4.32. The van der Waals surface area contributed by atoms with Gasteiger partial charge in [-0.05, 0) is 89.7 Å². The van der Waals surface area contributed by atoms with E-state index in [0.29, 0.717) is 23.7 Å². The van der Waals surface area contributed by atoms with Crippen LogP contribution in [0.5, 0.6) is 11.5 Å². The van der Waals surface area contributed by atoms with Crippen LogP contribution in [0.2, 0.25) is 0 Å². The van der Waals surface area contributed by atoms with Crippen LogP contribution >= 0.6 is 34.4 Å². The summed E-state index contributed by atoms with van der Waals surface area (Å²) in [5.41, 5.74) is 1.69. The van der Waals surface area contributed by atoms with E-state index in [1.807, 2.05) is 24.3 Å². The first-order valence-electron chi connectivity index (χ1n) is 9.77. The van der Waals surface area contributed by atoms with Crippen molar-refractivity contribution in [2.24, 2.45) is 0 Å². The predicted molar refractivity (Wildman–Crippen MR) is 130 cm³/mol. The van der Waals surface area contributed by atoms with Crippen molar-refractivity contribution in [3.63, 3.8) is 0 Å². The SMILES string of the molecule is COc1cc(/C=C2\SC(=O)N(CC(=O)OC(C)C)C2=O)ccc1OCc1ccc(I)cc1. The van der Waals surface area contributed by atoms with E-state index in [9.17, 15) is 14.4 Å². The van der Waals surface area contributed by atoms with Gasteiger partial charge in [-0.15, -0.1) is 0 Å². The van der Waals surface area contributed by atoms with Gasteiger partial charge < -0.3 is 14.2 Å². The van der Waals surface area contributed by atoms with E-state index in [4.69, 9.17) is 14.2 Å². The first-order valence-corrected chi connectivity index (χ1v) is 11.7. The summed E-state index contributed by atoms with van der Waals surface area (Å²) in [4.78, 5) is 37.7. The van der Waals surface area contributed by atoms with Gasteiger partial charge in [0.05, 0.1) is 18.1 Å². The minimum absolute atomic E-state index is 0.224. The highest BCUT2D eigenvalue weighted by Crippen LogP contribution is 2.34. The minimum atomic E-state index is -0.625. The maximum atomic E-state index is 12.6. The number of nitrogens with zero attached hydrogens (tertiary/aromatic N) is 1. The molecule has 1 aliphatic heterocycles. The summed E-state index contributed by atoms with van der Waals surface area (Å²) in [7, 11) is 1.53. The number of methoxy groups -OCH3 is 1. The zero-order valence-electron chi connectivity index (χ0n) is 17.8. The number of amides is 2. The fraction of sp³-hybridized carbons (Fsp3) is 0.261. The Labute approximate surface area is 204 Å². The standard InChI is InChI=1S/C23H22INO6S/c1-14(2)31-21(26)12-25-22(27)20(32-23(25)28)11-16-6-9-18(19(10-16)29-3)30-13-15-4-7-17(24)8-5-15/h4-11,14H,12-13H2,1-3H3/b20-11-. The van der Waals surface area contributed by atoms with Crippen molar-refractivity contribution in [2.75, 3.05) is 13.7 Å². The summed E-state index contributed by atoms with van der Waals surface area (Å²) in [5.74, 6) is -0.0877. The average molecular weight is 567 g/mol. The van der Waals surface area contributed by atoms with Crippen LogP contribution in [0.4, 0.5) is 4.79 Å². The van der Waals surface area contributed by atoms with E-state index < -0.39 is 23.7 Å². The van der Waals surface area contributed by atoms with Crippen molar-refractivity contribution in [2.45, 2.75) is 26.6 Å². The lowest BCUT2D eigenvalue weighted by molar-refractivity contribution is -0.149. The second kappa shape index (κ2) is 10.9. The molecule has 0 atom stereocenters. The molecule has 32 heavy (non-hydrogen) atoms. The molecule has 1 heterocycles. The minimum Gasteiger partial charge on any atom is -0.493 e. The third kappa shape index (κ3) is 6.26. The van der Waals surface area contributed by atoms with E-state index >= 15 is 0 Å². The van der Waals surface area contributed by atoms with E-state index in [1.165, 1.54) is 7.11 Å². The fourth-order valence-electron chi connectivity index (χ4n) is 2.85. The molecule has 0 aromatic heterocycles. The van der Waals surface area contributed by atoms with Gasteiger partial charge in [-0.3, -0.25) is 19.3 Å². The van der Waals surface area contributed by atoms with E-state index in [0.717, 1.165) is 25.8 Å². The first-order chi connectivity index (χ1) is 15.3. The Morgan fingerprint density at radius 2 is 1.84 bits per heavy atom. The molecule has 9 heteroatoms. The maximum Gasteiger partial charge on any atom is 0.326 e. The molecule has 0 saturated carbocycles. The number of carbonyl (C=O) groups is 3. The van der Waals surface area contributed by atoms with Crippen LogP contribution in [0, 0.1) is 3.57 Å². The molecule has 168 valence electrons. The molecule has 1 fully saturated rings. The fourth-order valence-corrected chi connectivity index (χ4v) is 4.05. The topological polar surface area (TPSA) is 82.1 Å². The van der Waals surface area contributed by atoms with Crippen LogP contribution in [0.15, 0.2) is 47.4 Å². The van der Waals surface area contributed by atoms with Crippen molar-refractivity contribution < 1.29 is 28.6 Å². The second-order valence-electron chi connectivity index (χ2n) is 7.13. The maximum absolute atomic E-state index is 12.6. The summed E-state index contributed by atoms with van der Waals surface area (Å²) in [6.07, 6.45) is 1.27. The molecule has 2 aromatic carbocycles. The van der Waals surface area contributed by atoms with E-state index in [-0.39, 0.29) is 11.0 Å². The number of carbonyl (C=O) groups excluding carboxylic acids is 3. The molecule has 0 spiro atoms. The quantitative estimate of drug-likeness (QED) is 0.256. The lowest BCUT2D eigenvalue weighted by Gasteiger charge is -2.13. The van der Waals surface area contributed by atoms with Gasteiger partial charge >= 0.3 is 5.97 Å². The van der Waals surface area contributed by atoms with Crippen LogP contribution in [-0.4, -0.2) is 41.8 Å². The Bertz CT molecular complexity index is 1050. The summed E-state index contributed by atoms with van der Waals surface area (Å²) >= 11 is 3.03. The van der Waals surface area contributed by atoms with Gasteiger partial charge in [0.1, 0.15) is 13.2 Å². The molecule has 0 N–H and O–H groups in total. The van der Waals surface area contributed by atoms with Crippen LogP contribution in [-0.2, 0) is 20.9 Å². The Balaban J connectivity index is 1.71. The van der Waals surface area contributed by atoms with Crippen molar-refractivity contribution >= 4 is 57.5 Å². The average Bonchev–Trinajstić information content (AvgIpc) is 3.00. The molecule has 7 nitrogen and oxygen atoms in total. The molecule has 2 amide bonds. The van der Waals surface area contributed by atoms with Crippen LogP contribution in [0.25, 0.3) is 6.08 Å². The Kier molecular flexibility index (Phi) is 8.19. The predicted octanol–water partition coefficient (Wildman–Crippen LogP) is 4.87. The van der Waals surface area contributed by atoms with Crippen LogP contribution in [0.1, 0.15) is 25.0 Å². The number of benzene rings is 2. The highest BCUT2D eigenvalue weighted by atomic mass is 127. The zero-order chi connectivity index (χ0) is 23.3. The van der Waals surface area contributed by atoms with Crippen molar-refractivity contribution in [1.29, 1.82) is 0 Å². The number of rotatable bonds is 8. The number of thioether (sulfide) groups is 1. The molecule has 1 saturated heterocycles. The van der Waals surface area contributed by atoms with Gasteiger partial charge in [0.25, 0.3) is 11.1 Å². The number of hydrogen-bond donors (Lipinski definition) is 0. The van der Waals surface area contributed by atoms with Gasteiger partial charge in [0.15, 0.2) is 11.5 Å². The van der Waals surface area contributed by atoms with Gasteiger partial charge in [-0.25, -0.2) is 0 Å². The Hall–Kier alpha value is -2.53. The molecule has 1 aliphatic rings. The van der Waals surface area contributed by atoms with Gasteiger partial charge in [0.2, 0.25) is 0 Å². The lowest BCUT2D eigenvalue weighted by Crippen LogP contribution is -2.35. The van der Waals surface area contributed by atoms with E-state index in [1.54, 1.807) is 38.1 Å². The Morgan fingerprint density at radius 3 is 2.50 bits per heavy atom.